The minimum absolute atomic E-state index is 0.146. The molecule has 2 amide bonds. The standard InChI is InChI=1S/C21H20N2O3S/c24-11-10-22-23-19(25)14-16-13-18(27-17-7-2-1-3-8-17)12-15-6-4-5-9-21(15,16)20(23)26/h1-8,12-13,22,24H,9-11,14H2. The third-order valence-electron chi connectivity index (χ3n) is 5.01. The van der Waals surface area contributed by atoms with Crippen LogP contribution in [-0.2, 0) is 9.59 Å². The highest BCUT2D eigenvalue weighted by atomic mass is 32.2. The van der Waals surface area contributed by atoms with Crippen molar-refractivity contribution in [3.05, 3.63) is 76.8 Å². The summed E-state index contributed by atoms with van der Waals surface area (Å²) in [5.41, 5.74) is 3.69. The Bertz CT molecular complexity index is 901. The number of rotatable bonds is 5. The van der Waals surface area contributed by atoms with E-state index >= 15 is 0 Å². The van der Waals surface area contributed by atoms with Gasteiger partial charge in [0.15, 0.2) is 0 Å². The number of allylic oxidation sites excluding steroid dienone is 5. The van der Waals surface area contributed by atoms with Gasteiger partial charge in [-0.25, -0.2) is 10.4 Å². The van der Waals surface area contributed by atoms with Crippen LogP contribution in [0, 0.1) is 5.41 Å². The number of aliphatic hydroxyl groups excluding tert-OH is 1. The molecule has 5 nitrogen and oxygen atoms in total. The van der Waals surface area contributed by atoms with Crippen molar-refractivity contribution in [3.63, 3.8) is 0 Å². The number of aliphatic hydroxyl groups is 1. The molecule has 4 rings (SSSR count). The monoisotopic (exact) mass is 380 g/mol. The van der Waals surface area contributed by atoms with Crippen molar-refractivity contribution in [2.45, 2.75) is 17.7 Å². The van der Waals surface area contributed by atoms with E-state index in [0.717, 1.165) is 26.0 Å². The number of carbonyl (C=O) groups excluding carboxylic acids is 2. The second kappa shape index (κ2) is 7.31. The predicted octanol–water partition coefficient (Wildman–Crippen LogP) is 2.73. The second-order valence-corrected chi connectivity index (χ2v) is 7.78. The second-order valence-electron chi connectivity index (χ2n) is 6.63. The summed E-state index contributed by atoms with van der Waals surface area (Å²) in [4.78, 5) is 28.0. The van der Waals surface area contributed by atoms with Crippen molar-refractivity contribution < 1.29 is 14.7 Å². The number of nitrogens with zero attached hydrogens (tertiary/aromatic N) is 1. The van der Waals surface area contributed by atoms with E-state index in [1.807, 2.05) is 60.7 Å². The molecule has 6 heteroatoms. The Labute approximate surface area is 162 Å². The Kier molecular flexibility index (Phi) is 4.86. The van der Waals surface area contributed by atoms with Gasteiger partial charge in [-0.1, -0.05) is 48.2 Å². The van der Waals surface area contributed by atoms with Gasteiger partial charge in [-0.05, 0) is 41.9 Å². The molecule has 27 heavy (non-hydrogen) atoms. The molecule has 3 aliphatic rings. The summed E-state index contributed by atoms with van der Waals surface area (Å²) in [7, 11) is 0. The molecule has 1 aromatic carbocycles. The van der Waals surface area contributed by atoms with Crippen LogP contribution in [0.1, 0.15) is 12.8 Å². The van der Waals surface area contributed by atoms with Crippen LogP contribution >= 0.6 is 11.8 Å². The number of benzene rings is 1. The number of imide groups is 1. The molecule has 2 N–H and O–H groups in total. The predicted molar refractivity (Wildman–Crippen MR) is 104 cm³/mol. The van der Waals surface area contributed by atoms with E-state index in [-0.39, 0.29) is 31.4 Å². The van der Waals surface area contributed by atoms with E-state index in [2.05, 4.69) is 5.43 Å². The van der Waals surface area contributed by atoms with Crippen molar-refractivity contribution in [2.75, 3.05) is 13.2 Å². The van der Waals surface area contributed by atoms with E-state index in [9.17, 15) is 9.59 Å². The average molecular weight is 380 g/mol. The summed E-state index contributed by atoms with van der Waals surface area (Å²) in [5, 5.41) is 10.1. The number of hydrogen-bond donors (Lipinski definition) is 2. The fraction of sp³-hybridized carbons (Fsp3) is 0.238. The van der Waals surface area contributed by atoms with Gasteiger partial charge in [0, 0.05) is 16.3 Å². The third-order valence-corrected chi connectivity index (χ3v) is 5.99. The summed E-state index contributed by atoms with van der Waals surface area (Å²) in [6, 6.07) is 10.0. The lowest BCUT2D eigenvalue weighted by atomic mass is 9.64. The minimum Gasteiger partial charge on any atom is -0.395 e. The molecule has 2 aliphatic carbocycles. The van der Waals surface area contributed by atoms with Crippen molar-refractivity contribution >= 4 is 23.6 Å². The smallest absolute Gasteiger partial charge is 0.258 e. The summed E-state index contributed by atoms with van der Waals surface area (Å²) in [6.45, 7) is 0.0135. The maximum Gasteiger partial charge on any atom is 0.258 e. The Morgan fingerprint density at radius 1 is 1.19 bits per heavy atom. The molecule has 1 saturated heterocycles. The molecule has 1 atom stereocenters. The van der Waals surface area contributed by atoms with Crippen LogP contribution in [0.2, 0.25) is 0 Å². The quantitative estimate of drug-likeness (QED) is 0.769. The number of carbonyl (C=O) groups is 2. The van der Waals surface area contributed by atoms with E-state index < -0.39 is 5.41 Å². The van der Waals surface area contributed by atoms with Gasteiger partial charge in [-0.3, -0.25) is 9.59 Å². The molecule has 0 saturated carbocycles. The maximum absolute atomic E-state index is 13.3. The van der Waals surface area contributed by atoms with Crippen molar-refractivity contribution in [3.8, 4) is 0 Å². The van der Waals surface area contributed by atoms with Gasteiger partial charge in [0.1, 0.15) is 5.41 Å². The maximum atomic E-state index is 13.3. The molecule has 138 valence electrons. The number of thioether (sulfide) groups is 1. The fourth-order valence-electron chi connectivity index (χ4n) is 3.76. The molecule has 1 fully saturated rings. The van der Waals surface area contributed by atoms with Gasteiger partial charge in [0.2, 0.25) is 5.91 Å². The Hall–Kier alpha value is -2.41. The molecule has 1 spiro atoms. The molecule has 1 aromatic rings. The number of nitrogens with one attached hydrogen (secondary N) is 1. The number of hydrazine groups is 1. The van der Waals surface area contributed by atoms with Crippen LogP contribution in [0.5, 0.6) is 0 Å². The summed E-state index contributed by atoms with van der Waals surface area (Å²) >= 11 is 1.62. The molecular formula is C21H20N2O3S. The van der Waals surface area contributed by atoms with E-state index in [1.165, 1.54) is 0 Å². The van der Waals surface area contributed by atoms with Crippen LogP contribution in [0.15, 0.2) is 81.7 Å². The fourth-order valence-corrected chi connectivity index (χ4v) is 4.71. The Balaban J connectivity index is 1.71. The average Bonchev–Trinajstić information content (AvgIpc) is 2.68. The van der Waals surface area contributed by atoms with E-state index in [1.54, 1.807) is 11.8 Å². The molecule has 0 bridgehead atoms. The Morgan fingerprint density at radius 2 is 2.00 bits per heavy atom. The van der Waals surface area contributed by atoms with Gasteiger partial charge in [0.25, 0.3) is 5.91 Å². The largest absolute Gasteiger partial charge is 0.395 e. The van der Waals surface area contributed by atoms with Crippen LogP contribution in [0.25, 0.3) is 0 Å². The van der Waals surface area contributed by atoms with Crippen LogP contribution in [0.3, 0.4) is 0 Å². The first-order valence-corrected chi connectivity index (χ1v) is 9.71. The summed E-state index contributed by atoms with van der Waals surface area (Å²) in [5.74, 6) is -0.556. The highest BCUT2D eigenvalue weighted by Crippen LogP contribution is 2.52. The van der Waals surface area contributed by atoms with Crippen molar-refractivity contribution in [1.82, 2.24) is 10.4 Å². The van der Waals surface area contributed by atoms with Crippen molar-refractivity contribution in [1.29, 1.82) is 0 Å². The molecular weight excluding hydrogens is 360 g/mol. The zero-order chi connectivity index (χ0) is 18.9. The number of amides is 2. The molecule has 1 aliphatic heterocycles. The van der Waals surface area contributed by atoms with Gasteiger partial charge in [-0.15, -0.1) is 0 Å². The minimum atomic E-state index is -0.828. The summed E-state index contributed by atoms with van der Waals surface area (Å²) in [6.07, 6.45) is 10.6. The normalized spacial score (nSPS) is 24.0. The SMILES string of the molecule is O=C1CC2=CC(Sc3ccccc3)=CC3=CC=CCC32C(=O)N1NCCO. The first-order valence-electron chi connectivity index (χ1n) is 8.90. The first kappa shape index (κ1) is 18.0. The lowest BCUT2D eigenvalue weighted by Gasteiger charge is -2.45. The summed E-state index contributed by atoms with van der Waals surface area (Å²) < 4.78 is 0. The molecule has 1 heterocycles. The number of hydrogen-bond acceptors (Lipinski definition) is 5. The highest BCUT2D eigenvalue weighted by Gasteiger charge is 2.53. The van der Waals surface area contributed by atoms with Crippen molar-refractivity contribution in [2.24, 2.45) is 5.41 Å². The first-order chi connectivity index (χ1) is 13.1. The third kappa shape index (κ3) is 3.10. The zero-order valence-electron chi connectivity index (χ0n) is 14.7. The highest BCUT2D eigenvalue weighted by molar-refractivity contribution is 8.03. The van der Waals surface area contributed by atoms with Gasteiger partial charge >= 0.3 is 0 Å². The topological polar surface area (TPSA) is 69.6 Å². The number of piperidine rings is 1. The van der Waals surface area contributed by atoms with E-state index in [4.69, 9.17) is 5.11 Å². The van der Waals surface area contributed by atoms with Gasteiger partial charge in [-0.2, -0.15) is 0 Å². The zero-order valence-corrected chi connectivity index (χ0v) is 15.5. The molecule has 0 radical (unpaired) electrons. The molecule has 0 aromatic heterocycles. The van der Waals surface area contributed by atoms with Crippen LogP contribution < -0.4 is 5.43 Å². The lowest BCUT2D eigenvalue weighted by molar-refractivity contribution is -0.156. The molecule has 1 unspecified atom stereocenters. The van der Waals surface area contributed by atoms with Gasteiger partial charge in [0.05, 0.1) is 13.0 Å². The van der Waals surface area contributed by atoms with Crippen LogP contribution in [0.4, 0.5) is 0 Å². The van der Waals surface area contributed by atoms with Gasteiger partial charge < -0.3 is 5.11 Å². The Morgan fingerprint density at radius 3 is 2.78 bits per heavy atom. The lowest BCUT2D eigenvalue weighted by Crippen LogP contribution is -2.59. The van der Waals surface area contributed by atoms with Crippen LogP contribution in [-0.4, -0.2) is 35.1 Å². The van der Waals surface area contributed by atoms with E-state index in [0.29, 0.717) is 6.42 Å².